The Balaban J connectivity index is 1.82. The minimum absolute atomic E-state index is 0.703. The third-order valence-electron chi connectivity index (χ3n) is 2.34. The molecule has 4 heteroatoms. The molecule has 18 heavy (non-hydrogen) atoms. The van der Waals surface area contributed by atoms with Crippen molar-refractivity contribution in [2.45, 2.75) is 16.7 Å². The van der Waals surface area contributed by atoms with Crippen molar-refractivity contribution in [2.24, 2.45) is 0 Å². The summed E-state index contributed by atoms with van der Waals surface area (Å²) < 4.78 is 5.13. The molecule has 0 saturated carbocycles. The van der Waals surface area contributed by atoms with Gasteiger partial charge in [-0.25, -0.2) is 0 Å². The van der Waals surface area contributed by atoms with Crippen LogP contribution >= 0.6 is 23.8 Å². The molecular formula is C14H14O2S2. The number of hydrogen-bond donors (Lipinski definition) is 0. The van der Waals surface area contributed by atoms with Crippen molar-refractivity contribution in [2.75, 3.05) is 6.26 Å². The number of thioether (sulfide) groups is 1. The van der Waals surface area contributed by atoms with E-state index in [2.05, 4.69) is 18.4 Å². The molecule has 0 aliphatic rings. The van der Waals surface area contributed by atoms with Gasteiger partial charge >= 0.3 is 0 Å². The van der Waals surface area contributed by atoms with Crippen LogP contribution in [0.5, 0.6) is 5.75 Å². The van der Waals surface area contributed by atoms with E-state index in [0.717, 1.165) is 4.90 Å². The largest absolute Gasteiger partial charge is 0.325 e. The third kappa shape index (κ3) is 3.98. The van der Waals surface area contributed by atoms with E-state index in [1.807, 2.05) is 43.3 Å². The van der Waals surface area contributed by atoms with Crippen LogP contribution in [0.2, 0.25) is 0 Å². The summed E-state index contributed by atoms with van der Waals surface area (Å²) in [6.07, 6.45) is 2.05. The van der Waals surface area contributed by atoms with Gasteiger partial charge in [0.15, 0.2) is 5.75 Å². The predicted molar refractivity (Wildman–Crippen MR) is 77.0 cm³/mol. The first-order valence-corrected chi connectivity index (χ1v) is 7.46. The van der Waals surface area contributed by atoms with Gasteiger partial charge in [0.05, 0.1) is 12.0 Å². The molecule has 0 aromatic heterocycles. The minimum atomic E-state index is 0.703. The molecule has 0 bridgehead atoms. The van der Waals surface area contributed by atoms with E-state index < -0.39 is 0 Å². The quantitative estimate of drug-likeness (QED) is 0.340. The van der Waals surface area contributed by atoms with Crippen molar-refractivity contribution < 1.29 is 9.22 Å². The lowest BCUT2D eigenvalue weighted by Crippen LogP contribution is -1.89. The smallest absolute Gasteiger partial charge is 0.166 e. The van der Waals surface area contributed by atoms with Crippen molar-refractivity contribution in [3.63, 3.8) is 0 Å². The highest BCUT2D eigenvalue weighted by molar-refractivity contribution is 7.98. The van der Waals surface area contributed by atoms with Crippen molar-refractivity contribution in [1.82, 2.24) is 0 Å². The second-order valence-corrected chi connectivity index (χ2v) is 5.38. The molecule has 0 unspecified atom stereocenters. The van der Waals surface area contributed by atoms with Gasteiger partial charge in [0, 0.05) is 9.79 Å². The molecule has 2 nitrogen and oxygen atoms in total. The van der Waals surface area contributed by atoms with E-state index in [9.17, 15) is 0 Å². The summed E-state index contributed by atoms with van der Waals surface area (Å²) in [6.45, 7) is 2.03. The predicted octanol–water partition coefficient (Wildman–Crippen LogP) is 4.73. The number of aryl methyl sites for hydroxylation is 1. The van der Waals surface area contributed by atoms with Crippen LogP contribution in [-0.4, -0.2) is 6.26 Å². The average molecular weight is 278 g/mol. The summed E-state index contributed by atoms with van der Waals surface area (Å²) in [4.78, 5) is 7.43. The van der Waals surface area contributed by atoms with Crippen LogP contribution in [0.25, 0.3) is 0 Å². The molecule has 0 heterocycles. The molecule has 0 aliphatic carbocycles. The van der Waals surface area contributed by atoms with Gasteiger partial charge in [-0.1, -0.05) is 17.7 Å². The molecule has 0 atom stereocenters. The SMILES string of the molecule is CSc1ccc(SOOc2ccc(C)cc2)cc1. The van der Waals surface area contributed by atoms with Gasteiger partial charge in [0.1, 0.15) is 0 Å². The van der Waals surface area contributed by atoms with Crippen LogP contribution in [0, 0.1) is 6.92 Å². The normalized spacial score (nSPS) is 10.3. The zero-order chi connectivity index (χ0) is 12.8. The lowest BCUT2D eigenvalue weighted by molar-refractivity contribution is -0.0777. The van der Waals surface area contributed by atoms with E-state index in [1.165, 1.54) is 22.5 Å². The molecule has 0 N–H and O–H groups in total. The fraction of sp³-hybridized carbons (Fsp3) is 0.143. The minimum Gasteiger partial charge on any atom is -0.325 e. The molecule has 2 aromatic carbocycles. The first-order valence-electron chi connectivity index (χ1n) is 5.50. The maximum absolute atomic E-state index is 5.18. The fourth-order valence-corrected chi connectivity index (χ4v) is 2.17. The van der Waals surface area contributed by atoms with Gasteiger partial charge in [-0.2, -0.15) is 0 Å². The van der Waals surface area contributed by atoms with Crippen LogP contribution in [-0.2, 0) is 4.33 Å². The second kappa shape index (κ2) is 6.73. The van der Waals surface area contributed by atoms with Crippen LogP contribution in [0.4, 0.5) is 0 Å². The van der Waals surface area contributed by atoms with Crippen molar-refractivity contribution >= 4 is 23.8 Å². The van der Waals surface area contributed by atoms with Crippen LogP contribution in [0.3, 0.4) is 0 Å². The Labute approximate surface area is 116 Å². The number of benzene rings is 2. The Bertz CT molecular complexity index is 480. The number of hydrogen-bond acceptors (Lipinski definition) is 4. The Morgan fingerprint density at radius 3 is 2.06 bits per heavy atom. The molecule has 2 aromatic rings. The number of rotatable bonds is 5. The monoisotopic (exact) mass is 278 g/mol. The molecule has 0 aliphatic heterocycles. The summed E-state index contributed by atoms with van der Waals surface area (Å²) >= 11 is 2.93. The van der Waals surface area contributed by atoms with Gasteiger partial charge in [-0.15, -0.1) is 16.1 Å². The topological polar surface area (TPSA) is 18.5 Å². The van der Waals surface area contributed by atoms with Gasteiger partial charge in [0.2, 0.25) is 0 Å². The van der Waals surface area contributed by atoms with Crippen molar-refractivity contribution in [3.05, 3.63) is 54.1 Å². The van der Waals surface area contributed by atoms with Gasteiger partial charge in [0.25, 0.3) is 0 Å². The maximum atomic E-state index is 5.18. The Morgan fingerprint density at radius 1 is 0.833 bits per heavy atom. The van der Waals surface area contributed by atoms with E-state index in [-0.39, 0.29) is 0 Å². The first-order chi connectivity index (χ1) is 8.78. The fourth-order valence-electron chi connectivity index (χ4n) is 1.32. The Kier molecular flexibility index (Phi) is 4.99. The van der Waals surface area contributed by atoms with Gasteiger partial charge in [-0.3, -0.25) is 0 Å². The highest BCUT2D eigenvalue weighted by Gasteiger charge is 1.98. The van der Waals surface area contributed by atoms with Crippen molar-refractivity contribution in [1.29, 1.82) is 0 Å². The van der Waals surface area contributed by atoms with E-state index >= 15 is 0 Å². The summed E-state index contributed by atoms with van der Waals surface area (Å²) in [5.74, 6) is 0.703. The average Bonchev–Trinajstić information content (AvgIpc) is 2.42. The molecule has 0 radical (unpaired) electrons. The third-order valence-corrected chi connectivity index (χ3v) is 3.69. The Morgan fingerprint density at radius 2 is 1.44 bits per heavy atom. The molecule has 0 spiro atoms. The van der Waals surface area contributed by atoms with E-state index in [1.54, 1.807) is 11.8 Å². The Hall–Kier alpha value is -1.10. The van der Waals surface area contributed by atoms with Crippen LogP contribution < -0.4 is 4.89 Å². The standard InChI is InChI=1S/C14H14O2S2/c1-11-3-5-12(6-4-11)15-16-18-14-9-7-13(17-2)8-10-14/h3-10H,1-2H3. The van der Waals surface area contributed by atoms with Gasteiger partial charge in [-0.05, 0) is 49.6 Å². The van der Waals surface area contributed by atoms with E-state index in [4.69, 9.17) is 9.22 Å². The van der Waals surface area contributed by atoms with E-state index in [0.29, 0.717) is 5.75 Å². The van der Waals surface area contributed by atoms with Crippen LogP contribution in [0.1, 0.15) is 5.56 Å². The lowest BCUT2D eigenvalue weighted by atomic mass is 10.2. The molecule has 0 saturated heterocycles. The first kappa shape index (κ1) is 13.3. The highest BCUT2D eigenvalue weighted by atomic mass is 32.2. The molecule has 0 fully saturated rings. The molecular weight excluding hydrogens is 264 g/mol. The summed E-state index contributed by atoms with van der Waals surface area (Å²) in [5, 5.41) is 0. The van der Waals surface area contributed by atoms with Crippen LogP contribution in [0.15, 0.2) is 58.3 Å². The molecule has 2 rings (SSSR count). The highest BCUT2D eigenvalue weighted by Crippen LogP contribution is 2.24. The maximum Gasteiger partial charge on any atom is 0.166 e. The zero-order valence-corrected chi connectivity index (χ0v) is 11.9. The summed E-state index contributed by atoms with van der Waals surface area (Å²) in [7, 11) is 0. The molecule has 0 amide bonds. The zero-order valence-electron chi connectivity index (χ0n) is 10.3. The summed E-state index contributed by atoms with van der Waals surface area (Å²) in [6, 6.07) is 15.9. The lowest BCUT2D eigenvalue weighted by Gasteiger charge is -2.04. The van der Waals surface area contributed by atoms with Crippen molar-refractivity contribution in [3.8, 4) is 5.75 Å². The summed E-state index contributed by atoms with van der Waals surface area (Å²) in [5.41, 5.74) is 1.20. The van der Waals surface area contributed by atoms with Gasteiger partial charge < -0.3 is 4.89 Å². The molecule has 94 valence electrons. The second-order valence-electron chi connectivity index (χ2n) is 3.72.